The van der Waals surface area contributed by atoms with Crippen molar-refractivity contribution in [3.05, 3.63) is 35.9 Å². The van der Waals surface area contributed by atoms with E-state index in [1.807, 2.05) is 5.32 Å². The van der Waals surface area contributed by atoms with E-state index < -0.39 is 177 Å². The summed E-state index contributed by atoms with van der Waals surface area (Å²) in [6, 6.07) is -4.66. The number of guanidine groups is 1. The van der Waals surface area contributed by atoms with Crippen molar-refractivity contribution < 1.29 is 83.8 Å². The number of aliphatic imine (C=N–C) groups is 1. The van der Waals surface area contributed by atoms with Crippen LogP contribution < -0.4 is 65.9 Å². The highest BCUT2D eigenvalue weighted by molar-refractivity contribution is 7.86. The normalized spacial score (nSPS) is 16.2. The number of nitrogens with one attached hydrogen (secondary N) is 7. The molecule has 0 aromatic heterocycles. The maximum Gasteiger partial charge on any atom is 0.267 e. The number of amides is 11. The number of hydrogen-bond acceptors (Lipinski definition) is 17. The lowest BCUT2D eigenvalue weighted by molar-refractivity contribution is -0.142. The SMILES string of the molecule is C[C@@H](O)[C@H](NC(=O)CCS(=O)(=O)O)C(=O)N[C@@H](Cc1ccccc1)C(=O)N[C@@H](CCC(N)=O)C(=O)N[C@@H](CC(N)=O)C(=O)N[C@@H](CS(=O)(=O)O)C(=O)N1CCC[C@H]1C(=O)N[C@H](CCCN=C(N)N)C(=O)NCC(N)=O. The predicted octanol–water partition coefficient (Wildman–Crippen LogP) is -8.53. The average Bonchev–Trinajstić information content (AvgIpc) is 3.80. The van der Waals surface area contributed by atoms with E-state index in [1.165, 1.54) is 12.1 Å². The van der Waals surface area contributed by atoms with Crippen LogP contribution in [-0.4, -0.2) is 186 Å². The molecule has 0 spiro atoms. The minimum atomic E-state index is -5.17. The maximum atomic E-state index is 14.1. The summed E-state index contributed by atoms with van der Waals surface area (Å²) in [5.41, 5.74) is 26.9. The van der Waals surface area contributed by atoms with Crippen LogP contribution in [0.4, 0.5) is 0 Å². The number of carbonyl (C=O) groups is 11. The lowest BCUT2D eigenvalue weighted by Gasteiger charge is -2.30. The second kappa shape index (κ2) is 30.0. The number of nitrogens with two attached hydrogens (primary N) is 5. The molecule has 0 bridgehead atoms. The first-order valence-corrected chi connectivity index (χ1v) is 26.0. The predicted molar refractivity (Wildman–Crippen MR) is 260 cm³/mol. The number of likely N-dealkylation sites (tertiary alicyclic amines) is 1. The summed E-state index contributed by atoms with van der Waals surface area (Å²) in [6.45, 7) is 0.242. The molecule has 0 radical (unpaired) electrons. The van der Waals surface area contributed by atoms with Crippen molar-refractivity contribution in [1.29, 1.82) is 0 Å². The topological polar surface area (TPSA) is 547 Å². The molecule has 0 saturated carbocycles. The van der Waals surface area contributed by atoms with Crippen LogP contribution in [0.1, 0.15) is 63.9 Å². The lowest BCUT2D eigenvalue weighted by atomic mass is 10.0. The number of benzene rings is 1. The third kappa shape index (κ3) is 24.4. The Kier molecular flexibility index (Phi) is 25.4. The van der Waals surface area contributed by atoms with Gasteiger partial charge in [0.25, 0.3) is 20.2 Å². The van der Waals surface area contributed by atoms with Gasteiger partial charge in [-0.25, -0.2) is 0 Å². The molecule has 1 aromatic carbocycles. The Morgan fingerprint density at radius 3 is 1.81 bits per heavy atom. The maximum absolute atomic E-state index is 14.1. The molecule has 1 aliphatic heterocycles. The first-order chi connectivity index (χ1) is 34.9. The van der Waals surface area contributed by atoms with Crippen LogP contribution in [0.25, 0.3) is 0 Å². The molecule has 75 heavy (non-hydrogen) atoms. The molecule has 1 saturated heterocycles. The van der Waals surface area contributed by atoms with Gasteiger partial charge in [0.05, 0.1) is 24.8 Å². The number of nitrogens with zero attached hydrogens (tertiary/aromatic N) is 2. The molecular weight excluding hydrogens is 1040 g/mol. The van der Waals surface area contributed by atoms with Crippen molar-refractivity contribution >= 4 is 91.2 Å². The number of aliphatic hydroxyl groups excluding tert-OH is 1. The van der Waals surface area contributed by atoms with Crippen LogP contribution in [0.15, 0.2) is 35.3 Å². The monoisotopic (exact) mass is 1100 g/mol. The highest BCUT2D eigenvalue weighted by Gasteiger charge is 2.41. The van der Waals surface area contributed by atoms with Crippen LogP contribution in [0.3, 0.4) is 0 Å². The van der Waals surface area contributed by atoms with Gasteiger partial charge in [0.1, 0.15) is 48.0 Å². The Morgan fingerprint density at radius 1 is 0.680 bits per heavy atom. The van der Waals surface area contributed by atoms with Gasteiger partial charge in [0, 0.05) is 32.4 Å². The molecule has 2 rings (SSSR count). The van der Waals surface area contributed by atoms with Gasteiger partial charge in [-0.2, -0.15) is 16.8 Å². The van der Waals surface area contributed by atoms with Gasteiger partial charge in [0.2, 0.25) is 65.0 Å². The fraction of sp³-hybridized carbons (Fsp3) is 0.561. The quantitative estimate of drug-likeness (QED) is 0.0138. The number of carbonyl (C=O) groups excluding carboxylic acids is 11. The van der Waals surface area contributed by atoms with Gasteiger partial charge in [-0.1, -0.05) is 30.3 Å². The zero-order chi connectivity index (χ0) is 56.8. The summed E-state index contributed by atoms with van der Waals surface area (Å²) in [7, 11) is -9.78. The van der Waals surface area contributed by atoms with Gasteiger partial charge >= 0.3 is 0 Å². The van der Waals surface area contributed by atoms with Gasteiger partial charge in [0.15, 0.2) is 5.96 Å². The van der Waals surface area contributed by atoms with Crippen molar-refractivity contribution in [1.82, 2.24) is 42.1 Å². The molecule has 1 heterocycles. The molecular formula is C41H64N14O18S2. The summed E-state index contributed by atoms with van der Waals surface area (Å²) < 4.78 is 65.7. The van der Waals surface area contributed by atoms with E-state index >= 15 is 0 Å². The van der Waals surface area contributed by atoms with Crippen LogP contribution >= 0.6 is 0 Å². The molecule has 8 atom stereocenters. The Bertz CT molecular complexity index is 2510. The molecule has 11 amide bonds. The number of primary amides is 3. The van der Waals surface area contributed by atoms with Crippen molar-refractivity contribution in [2.24, 2.45) is 33.7 Å². The van der Waals surface area contributed by atoms with Gasteiger partial charge in [-0.15, -0.1) is 0 Å². The summed E-state index contributed by atoms with van der Waals surface area (Å²) >= 11 is 0. The van der Waals surface area contributed by atoms with E-state index in [9.17, 15) is 79.2 Å². The highest BCUT2D eigenvalue weighted by Crippen LogP contribution is 2.20. The molecule has 1 fully saturated rings. The van der Waals surface area contributed by atoms with Crippen molar-refractivity contribution in [2.45, 2.75) is 113 Å². The van der Waals surface area contributed by atoms with Gasteiger partial charge < -0.3 is 75.9 Å². The molecule has 34 heteroatoms. The Hall–Kier alpha value is -7.56. The third-order valence-corrected chi connectivity index (χ3v) is 12.3. The second-order valence-electron chi connectivity index (χ2n) is 17.1. The van der Waals surface area contributed by atoms with Crippen molar-refractivity contribution in [2.75, 3.05) is 31.1 Å². The number of hydrogen-bond donors (Lipinski definition) is 15. The smallest absolute Gasteiger partial charge is 0.267 e. The average molecular weight is 1110 g/mol. The molecule has 20 N–H and O–H groups in total. The van der Waals surface area contributed by atoms with E-state index in [0.29, 0.717) is 5.56 Å². The molecule has 32 nitrogen and oxygen atoms in total. The Balaban J connectivity index is 2.46. The largest absolute Gasteiger partial charge is 0.391 e. The van der Waals surface area contributed by atoms with Crippen LogP contribution in [0.2, 0.25) is 0 Å². The van der Waals surface area contributed by atoms with Crippen molar-refractivity contribution in [3.8, 4) is 0 Å². The standard InChI is InChI=1S/C41H64N14O18S2/c1-21(56)33(54-32(60)13-16-74(68,69)70)39(66)52-25(17-22-7-3-2-4-8-22)36(63)49-24(11-12-29(42)57)35(62)51-26(18-30(43)58)37(64)53-27(20-75(71,72)73)40(67)55-15-6-10-28(55)38(65)50-23(9-5-14-47-41(45)46)34(61)48-19-31(44)59/h2-4,7-8,21,23-28,33,56H,5-6,9-20H2,1H3,(H2,42,57)(H2,43,58)(H2,44,59)(H,48,61)(H,49,63)(H,50,65)(H,51,62)(H,52,66)(H,53,64)(H,54,60)(H4,45,46,47)(H,68,69,70)(H,71,72,73)/t21-,23-,24+,25+,26+,27+,28+,33+/m1/s1. The number of rotatable bonds is 32. The second-order valence-corrected chi connectivity index (χ2v) is 20.1. The Labute approximate surface area is 429 Å². The lowest BCUT2D eigenvalue weighted by Crippen LogP contribution is -2.61. The molecule has 1 aromatic rings. The fourth-order valence-corrected chi connectivity index (χ4v) is 8.29. The molecule has 418 valence electrons. The van der Waals surface area contributed by atoms with E-state index in [0.717, 1.165) is 11.8 Å². The van der Waals surface area contributed by atoms with Crippen molar-refractivity contribution in [3.63, 3.8) is 0 Å². The Morgan fingerprint density at radius 2 is 1.25 bits per heavy atom. The fourth-order valence-electron chi connectivity index (χ4n) is 7.20. The zero-order valence-electron chi connectivity index (χ0n) is 40.5. The molecule has 0 aliphatic carbocycles. The zero-order valence-corrected chi connectivity index (χ0v) is 42.1. The van der Waals surface area contributed by atoms with Crippen LogP contribution in [-0.2, 0) is 79.4 Å². The summed E-state index contributed by atoms with van der Waals surface area (Å²) in [5, 5.41) is 25.9. The van der Waals surface area contributed by atoms with Crippen LogP contribution in [0.5, 0.6) is 0 Å². The van der Waals surface area contributed by atoms with E-state index in [-0.39, 0.29) is 51.2 Å². The summed E-state index contributed by atoms with van der Waals surface area (Å²) in [5.74, 6) is -15.4. The van der Waals surface area contributed by atoms with Crippen LogP contribution in [0, 0.1) is 0 Å². The van der Waals surface area contributed by atoms with E-state index in [1.54, 1.807) is 18.2 Å². The minimum absolute atomic E-state index is 0.0152. The summed E-state index contributed by atoms with van der Waals surface area (Å²) in [4.78, 5) is 149. The minimum Gasteiger partial charge on any atom is -0.391 e. The van der Waals surface area contributed by atoms with Gasteiger partial charge in [-0.05, 0) is 44.6 Å². The van der Waals surface area contributed by atoms with Gasteiger partial charge in [-0.3, -0.25) is 66.8 Å². The first kappa shape index (κ1) is 63.6. The molecule has 0 unspecified atom stereocenters. The molecule has 1 aliphatic rings. The number of aliphatic hydroxyl groups is 1. The third-order valence-electron chi connectivity index (χ3n) is 10.8. The summed E-state index contributed by atoms with van der Waals surface area (Å²) in [6.07, 6.45) is -5.07. The van der Waals surface area contributed by atoms with E-state index in [2.05, 4.69) is 36.9 Å². The first-order valence-electron chi connectivity index (χ1n) is 22.8. The van der Waals surface area contributed by atoms with E-state index in [4.69, 9.17) is 33.2 Å². The highest BCUT2D eigenvalue weighted by atomic mass is 32.2.